The number of anilines is 1. The van der Waals surface area contributed by atoms with E-state index in [1.165, 1.54) is 11.3 Å². The summed E-state index contributed by atoms with van der Waals surface area (Å²) in [6.45, 7) is 4.21. The molecule has 2 fully saturated rings. The van der Waals surface area contributed by atoms with Gasteiger partial charge in [-0.3, -0.25) is 4.79 Å². The van der Waals surface area contributed by atoms with Gasteiger partial charge in [0.2, 0.25) is 0 Å². The van der Waals surface area contributed by atoms with Crippen molar-refractivity contribution in [2.24, 2.45) is 5.73 Å². The first-order valence-electron chi connectivity index (χ1n) is 8.63. The molecule has 1 aromatic carbocycles. The number of nitrogens with one attached hydrogen (secondary N) is 1. The van der Waals surface area contributed by atoms with Crippen LogP contribution in [0.3, 0.4) is 0 Å². The van der Waals surface area contributed by atoms with Gasteiger partial charge < -0.3 is 20.7 Å². The van der Waals surface area contributed by atoms with Crippen molar-refractivity contribution in [1.82, 2.24) is 4.90 Å². The third-order valence-electron chi connectivity index (χ3n) is 4.84. The quantitative estimate of drug-likeness (QED) is 0.830. The van der Waals surface area contributed by atoms with Gasteiger partial charge in [-0.1, -0.05) is 12.1 Å². The summed E-state index contributed by atoms with van der Waals surface area (Å²) in [6, 6.07) is 8.87. The van der Waals surface area contributed by atoms with E-state index >= 15 is 0 Å². The smallest absolute Gasteiger partial charge is 0.251 e. The number of rotatable bonds is 4. The number of hydrogen-bond donors (Lipinski definition) is 2. The number of carbonyl (C=O) groups is 1. The maximum absolute atomic E-state index is 12.5. The minimum atomic E-state index is -0.273. The van der Waals surface area contributed by atoms with Crippen LogP contribution in [0.25, 0.3) is 0 Å². The second-order valence-electron chi connectivity index (χ2n) is 6.67. The molecular formula is C18H29Cl2N3O2. The van der Waals surface area contributed by atoms with Gasteiger partial charge in [-0.05, 0) is 50.3 Å². The molecule has 5 nitrogen and oxygen atoms in total. The van der Waals surface area contributed by atoms with Gasteiger partial charge in [-0.25, -0.2) is 0 Å². The molecule has 142 valence electrons. The highest BCUT2D eigenvalue weighted by Crippen LogP contribution is 2.23. The average molecular weight is 390 g/mol. The van der Waals surface area contributed by atoms with Crippen LogP contribution >= 0.6 is 24.8 Å². The molecule has 2 heterocycles. The molecule has 7 heteroatoms. The molecule has 0 aliphatic carbocycles. The molecule has 1 aromatic rings. The fourth-order valence-electron chi connectivity index (χ4n) is 3.48. The zero-order valence-electron chi connectivity index (χ0n) is 14.6. The second-order valence-corrected chi connectivity index (χ2v) is 6.67. The minimum Gasteiger partial charge on any atom is -0.382 e. The normalized spacial score (nSPS) is 23.5. The maximum atomic E-state index is 12.5. The van der Waals surface area contributed by atoms with Crippen LogP contribution in [0.15, 0.2) is 24.3 Å². The number of hydrogen-bond acceptors (Lipinski definition) is 4. The molecule has 3 rings (SSSR count). The van der Waals surface area contributed by atoms with Crippen LogP contribution in [0.1, 0.15) is 31.2 Å². The molecule has 0 spiro atoms. The molecular weight excluding hydrogens is 361 g/mol. The summed E-state index contributed by atoms with van der Waals surface area (Å²) >= 11 is 0. The molecule has 2 aliphatic heterocycles. The fourth-order valence-corrected chi connectivity index (χ4v) is 3.48. The largest absolute Gasteiger partial charge is 0.382 e. The number of halogens is 2. The molecule has 0 saturated carbocycles. The van der Waals surface area contributed by atoms with Gasteiger partial charge in [-0.15, -0.1) is 24.8 Å². The van der Waals surface area contributed by atoms with Crippen LogP contribution in [0, 0.1) is 6.92 Å². The standard InChI is InChI=1S/C18H27N3O2.2ClH/c1-13-3-2-4-15(11-13)20-14-7-9-21(10-8-14)18(22)17-6-5-16(12-19)23-17;;/h2-4,11,14,16-17,20H,5-10,12,19H2,1H3;2*1H/t16-,17+;;/m1../s1. The van der Waals surface area contributed by atoms with E-state index in [0.29, 0.717) is 12.6 Å². The zero-order chi connectivity index (χ0) is 16.2. The van der Waals surface area contributed by atoms with Crippen LogP contribution in [-0.2, 0) is 9.53 Å². The van der Waals surface area contributed by atoms with Crippen LogP contribution < -0.4 is 11.1 Å². The summed E-state index contributed by atoms with van der Waals surface area (Å²) in [6.07, 6.45) is 3.45. The molecule has 0 radical (unpaired) electrons. The third kappa shape index (κ3) is 5.74. The summed E-state index contributed by atoms with van der Waals surface area (Å²) in [5.74, 6) is 0.148. The Hall–Kier alpha value is -1.01. The van der Waals surface area contributed by atoms with E-state index in [4.69, 9.17) is 10.5 Å². The lowest BCUT2D eigenvalue weighted by molar-refractivity contribution is -0.143. The predicted molar refractivity (Wildman–Crippen MR) is 106 cm³/mol. The van der Waals surface area contributed by atoms with E-state index < -0.39 is 0 Å². The number of ether oxygens (including phenoxy) is 1. The summed E-state index contributed by atoms with van der Waals surface area (Å²) < 4.78 is 5.73. The molecule has 25 heavy (non-hydrogen) atoms. The number of piperidine rings is 1. The van der Waals surface area contributed by atoms with Crippen molar-refractivity contribution in [2.45, 2.75) is 50.9 Å². The monoisotopic (exact) mass is 389 g/mol. The number of carbonyl (C=O) groups excluding carboxylic acids is 1. The number of amides is 1. The Bertz CT molecular complexity index is 551. The molecule has 3 N–H and O–H groups in total. The molecule has 0 bridgehead atoms. The van der Waals surface area contributed by atoms with Crippen molar-refractivity contribution in [3.8, 4) is 0 Å². The highest BCUT2D eigenvalue weighted by Gasteiger charge is 2.34. The van der Waals surface area contributed by atoms with Gasteiger partial charge in [0.1, 0.15) is 6.10 Å². The van der Waals surface area contributed by atoms with Crippen molar-refractivity contribution >= 4 is 36.4 Å². The Morgan fingerprint density at radius 1 is 1.24 bits per heavy atom. The van der Waals surface area contributed by atoms with E-state index in [1.54, 1.807) is 0 Å². The van der Waals surface area contributed by atoms with E-state index in [9.17, 15) is 4.79 Å². The van der Waals surface area contributed by atoms with Crippen LogP contribution in [0.5, 0.6) is 0 Å². The van der Waals surface area contributed by atoms with Gasteiger partial charge in [0.25, 0.3) is 5.91 Å². The first kappa shape index (κ1) is 22.0. The Morgan fingerprint density at radius 3 is 2.56 bits per heavy atom. The molecule has 2 saturated heterocycles. The lowest BCUT2D eigenvalue weighted by Gasteiger charge is -2.34. The lowest BCUT2D eigenvalue weighted by Crippen LogP contribution is -2.46. The number of benzene rings is 1. The van der Waals surface area contributed by atoms with E-state index in [0.717, 1.165) is 38.8 Å². The predicted octanol–water partition coefficient (Wildman–Crippen LogP) is 2.75. The molecule has 0 aromatic heterocycles. The van der Waals surface area contributed by atoms with Gasteiger partial charge in [0, 0.05) is 31.4 Å². The molecule has 0 unspecified atom stereocenters. The summed E-state index contributed by atoms with van der Waals surface area (Å²) in [5, 5.41) is 3.58. The first-order valence-corrected chi connectivity index (χ1v) is 8.63. The Balaban J connectivity index is 0.00000156. The van der Waals surface area contributed by atoms with Gasteiger partial charge in [0.05, 0.1) is 6.10 Å². The second kappa shape index (κ2) is 10.2. The molecule has 2 atom stereocenters. The minimum absolute atomic E-state index is 0. The van der Waals surface area contributed by atoms with E-state index in [1.807, 2.05) is 4.90 Å². The van der Waals surface area contributed by atoms with Crippen molar-refractivity contribution in [3.63, 3.8) is 0 Å². The molecule has 1 amide bonds. The topological polar surface area (TPSA) is 67.6 Å². The maximum Gasteiger partial charge on any atom is 0.251 e. The molecule has 2 aliphatic rings. The van der Waals surface area contributed by atoms with Gasteiger partial charge >= 0.3 is 0 Å². The SMILES string of the molecule is Cc1cccc(NC2CCN(C(=O)[C@@H]3CC[C@H](CN)O3)CC2)c1.Cl.Cl. The number of aryl methyl sites for hydroxylation is 1. The Kier molecular flexibility index (Phi) is 9.00. The van der Waals surface area contributed by atoms with Gasteiger partial charge in [-0.2, -0.15) is 0 Å². The highest BCUT2D eigenvalue weighted by atomic mass is 35.5. The van der Waals surface area contributed by atoms with E-state index in [-0.39, 0.29) is 42.9 Å². The number of likely N-dealkylation sites (tertiary alicyclic amines) is 1. The third-order valence-corrected chi connectivity index (χ3v) is 4.84. The van der Waals surface area contributed by atoms with Crippen molar-refractivity contribution in [3.05, 3.63) is 29.8 Å². The Morgan fingerprint density at radius 2 is 1.96 bits per heavy atom. The lowest BCUT2D eigenvalue weighted by atomic mass is 10.0. The summed E-state index contributed by atoms with van der Waals surface area (Å²) in [4.78, 5) is 14.5. The zero-order valence-corrected chi connectivity index (χ0v) is 16.3. The summed E-state index contributed by atoms with van der Waals surface area (Å²) in [5.41, 5.74) is 8.04. The Labute approximate surface area is 162 Å². The average Bonchev–Trinajstić information content (AvgIpc) is 3.04. The highest BCUT2D eigenvalue weighted by molar-refractivity contribution is 5.85. The fraction of sp³-hybridized carbons (Fsp3) is 0.611. The number of nitrogens with zero attached hydrogens (tertiary/aromatic N) is 1. The van der Waals surface area contributed by atoms with E-state index in [2.05, 4.69) is 36.5 Å². The van der Waals surface area contributed by atoms with Gasteiger partial charge in [0.15, 0.2) is 0 Å². The van der Waals surface area contributed by atoms with Crippen LogP contribution in [-0.4, -0.2) is 48.7 Å². The van der Waals surface area contributed by atoms with Crippen LogP contribution in [0.2, 0.25) is 0 Å². The van der Waals surface area contributed by atoms with Crippen molar-refractivity contribution in [1.29, 1.82) is 0 Å². The van der Waals surface area contributed by atoms with Crippen LogP contribution in [0.4, 0.5) is 5.69 Å². The number of nitrogens with two attached hydrogens (primary N) is 1. The van der Waals surface area contributed by atoms with Crippen molar-refractivity contribution in [2.75, 3.05) is 25.0 Å². The summed E-state index contributed by atoms with van der Waals surface area (Å²) in [7, 11) is 0. The first-order chi connectivity index (χ1) is 11.2. The van der Waals surface area contributed by atoms with Crippen molar-refractivity contribution < 1.29 is 9.53 Å².